The number of hydrogen-bond acceptors (Lipinski definition) is 3. The number of rotatable bonds is 5. The summed E-state index contributed by atoms with van der Waals surface area (Å²) in [7, 11) is -3.90. The number of benzene rings is 1. The standard InChI is InChI=1S/C11H13F3N2O2S2/c1-7(10(15)19)20(17,18)16-6-8-4-2-3-5-9(8)11(12,13)14/h2-5,7,16H,6H2,1H3,(H2,15,19). The van der Waals surface area contributed by atoms with Crippen LogP contribution in [0.5, 0.6) is 0 Å². The molecule has 0 heterocycles. The number of sulfonamides is 1. The van der Waals surface area contributed by atoms with Gasteiger partial charge in [-0.25, -0.2) is 13.1 Å². The van der Waals surface area contributed by atoms with Gasteiger partial charge in [0, 0.05) is 6.54 Å². The Hall–Kier alpha value is -1.19. The molecule has 1 aromatic carbocycles. The number of nitrogens with two attached hydrogens (primary N) is 1. The maximum Gasteiger partial charge on any atom is 0.416 e. The molecule has 9 heteroatoms. The molecule has 0 aliphatic rings. The van der Waals surface area contributed by atoms with Gasteiger partial charge < -0.3 is 5.73 Å². The Morgan fingerprint density at radius 2 is 1.95 bits per heavy atom. The van der Waals surface area contributed by atoms with Crippen LogP contribution < -0.4 is 10.5 Å². The Labute approximate surface area is 120 Å². The summed E-state index contributed by atoms with van der Waals surface area (Å²) in [5.41, 5.74) is 4.17. The second kappa shape index (κ2) is 6.06. The molecule has 20 heavy (non-hydrogen) atoms. The first-order chi connectivity index (χ1) is 9.05. The second-order valence-electron chi connectivity index (χ2n) is 4.07. The van der Waals surface area contributed by atoms with Gasteiger partial charge in [0.05, 0.1) is 10.6 Å². The summed E-state index contributed by atoms with van der Waals surface area (Å²) < 4.78 is 63.8. The predicted octanol–water partition coefficient (Wildman–Crippen LogP) is 1.80. The fourth-order valence-corrected chi connectivity index (χ4v) is 2.70. The van der Waals surface area contributed by atoms with Crippen molar-refractivity contribution in [2.45, 2.75) is 24.9 Å². The van der Waals surface area contributed by atoms with Gasteiger partial charge >= 0.3 is 6.18 Å². The molecular weight excluding hydrogens is 313 g/mol. The van der Waals surface area contributed by atoms with Crippen molar-refractivity contribution in [1.82, 2.24) is 4.72 Å². The molecule has 0 radical (unpaired) electrons. The summed E-state index contributed by atoms with van der Waals surface area (Å²) in [5.74, 6) is 0. The molecule has 112 valence electrons. The summed E-state index contributed by atoms with van der Waals surface area (Å²) in [6.45, 7) is 0.783. The van der Waals surface area contributed by atoms with Crippen LogP contribution in [0.1, 0.15) is 18.1 Å². The van der Waals surface area contributed by atoms with E-state index in [4.69, 9.17) is 5.73 Å². The van der Waals surface area contributed by atoms with Gasteiger partial charge in [-0.3, -0.25) is 0 Å². The smallest absolute Gasteiger partial charge is 0.392 e. The van der Waals surface area contributed by atoms with E-state index in [1.165, 1.54) is 25.1 Å². The van der Waals surface area contributed by atoms with E-state index in [0.717, 1.165) is 6.07 Å². The summed E-state index contributed by atoms with van der Waals surface area (Å²) in [5, 5.41) is -1.16. The molecule has 0 aliphatic heterocycles. The fraction of sp³-hybridized carbons (Fsp3) is 0.364. The van der Waals surface area contributed by atoms with Crippen LogP contribution in [0, 0.1) is 0 Å². The first kappa shape index (κ1) is 16.9. The van der Waals surface area contributed by atoms with Crippen LogP contribution in [-0.4, -0.2) is 18.7 Å². The highest BCUT2D eigenvalue weighted by Crippen LogP contribution is 2.31. The molecule has 1 atom stereocenters. The zero-order valence-corrected chi connectivity index (χ0v) is 12.1. The Morgan fingerprint density at radius 3 is 2.45 bits per heavy atom. The molecular formula is C11H13F3N2O2S2. The maximum absolute atomic E-state index is 12.7. The first-order valence-electron chi connectivity index (χ1n) is 5.48. The molecule has 0 saturated carbocycles. The fourth-order valence-electron chi connectivity index (χ4n) is 1.41. The van der Waals surface area contributed by atoms with Crippen LogP contribution in [0.3, 0.4) is 0 Å². The lowest BCUT2D eigenvalue weighted by atomic mass is 10.1. The van der Waals surface area contributed by atoms with Crippen molar-refractivity contribution < 1.29 is 21.6 Å². The molecule has 0 bridgehead atoms. The van der Waals surface area contributed by atoms with Crippen molar-refractivity contribution >= 4 is 27.2 Å². The summed E-state index contributed by atoms with van der Waals surface area (Å²) in [4.78, 5) is -0.249. The summed E-state index contributed by atoms with van der Waals surface area (Å²) >= 11 is 4.56. The van der Waals surface area contributed by atoms with Crippen LogP contribution in [-0.2, 0) is 22.7 Å². The third kappa shape index (κ3) is 4.15. The number of nitrogens with one attached hydrogen (secondary N) is 1. The topological polar surface area (TPSA) is 72.2 Å². The van der Waals surface area contributed by atoms with Gasteiger partial charge in [0.2, 0.25) is 10.0 Å². The largest absolute Gasteiger partial charge is 0.416 e. The average Bonchev–Trinajstić information content (AvgIpc) is 2.34. The molecule has 0 amide bonds. The van der Waals surface area contributed by atoms with Gasteiger partial charge in [0.25, 0.3) is 0 Å². The number of halogens is 3. The zero-order chi connectivity index (χ0) is 15.6. The molecule has 1 aromatic rings. The lowest BCUT2D eigenvalue weighted by molar-refractivity contribution is -0.138. The van der Waals surface area contributed by atoms with Crippen molar-refractivity contribution in [3.8, 4) is 0 Å². The maximum atomic E-state index is 12.7. The van der Waals surface area contributed by atoms with Gasteiger partial charge in [0.1, 0.15) is 5.25 Å². The van der Waals surface area contributed by atoms with Crippen molar-refractivity contribution in [2.24, 2.45) is 5.73 Å². The van der Waals surface area contributed by atoms with E-state index in [-0.39, 0.29) is 10.6 Å². The third-order valence-corrected chi connectivity index (χ3v) is 4.89. The van der Waals surface area contributed by atoms with Crippen LogP contribution in [0.15, 0.2) is 24.3 Å². The van der Waals surface area contributed by atoms with Gasteiger partial charge in [-0.05, 0) is 18.6 Å². The van der Waals surface area contributed by atoms with E-state index in [9.17, 15) is 21.6 Å². The van der Waals surface area contributed by atoms with Crippen LogP contribution in [0.4, 0.5) is 13.2 Å². The van der Waals surface area contributed by atoms with Crippen molar-refractivity contribution in [2.75, 3.05) is 0 Å². The normalized spacial score (nSPS) is 14.0. The first-order valence-corrected chi connectivity index (χ1v) is 7.44. The van der Waals surface area contributed by atoms with Gasteiger partial charge in [-0.15, -0.1) is 0 Å². The van der Waals surface area contributed by atoms with E-state index in [1.807, 2.05) is 0 Å². The van der Waals surface area contributed by atoms with E-state index in [2.05, 4.69) is 16.9 Å². The molecule has 0 aromatic heterocycles. The van der Waals surface area contributed by atoms with Crippen molar-refractivity contribution in [1.29, 1.82) is 0 Å². The summed E-state index contributed by atoms with van der Waals surface area (Å²) in [6, 6.07) is 4.73. The lowest BCUT2D eigenvalue weighted by Gasteiger charge is -2.15. The van der Waals surface area contributed by atoms with E-state index < -0.39 is 33.6 Å². The Morgan fingerprint density at radius 1 is 1.40 bits per heavy atom. The zero-order valence-electron chi connectivity index (χ0n) is 10.4. The predicted molar refractivity (Wildman–Crippen MR) is 73.5 cm³/mol. The second-order valence-corrected chi connectivity index (χ2v) is 6.62. The molecule has 0 aliphatic carbocycles. The molecule has 3 N–H and O–H groups in total. The molecule has 1 rings (SSSR count). The molecule has 0 fully saturated rings. The number of hydrogen-bond donors (Lipinski definition) is 2. The van der Waals surface area contributed by atoms with Gasteiger partial charge in [-0.1, -0.05) is 30.4 Å². The lowest BCUT2D eigenvalue weighted by Crippen LogP contribution is -2.39. The highest BCUT2D eigenvalue weighted by Gasteiger charge is 2.33. The highest BCUT2D eigenvalue weighted by atomic mass is 32.2. The van der Waals surface area contributed by atoms with E-state index in [1.54, 1.807) is 0 Å². The van der Waals surface area contributed by atoms with E-state index in [0.29, 0.717) is 0 Å². The Balaban J connectivity index is 2.95. The van der Waals surface area contributed by atoms with Crippen LogP contribution >= 0.6 is 12.2 Å². The Bertz CT molecular complexity index is 600. The third-order valence-electron chi connectivity index (χ3n) is 2.65. The van der Waals surface area contributed by atoms with Crippen molar-refractivity contribution in [3.05, 3.63) is 35.4 Å². The highest BCUT2D eigenvalue weighted by molar-refractivity contribution is 7.93. The van der Waals surface area contributed by atoms with Crippen molar-refractivity contribution in [3.63, 3.8) is 0 Å². The molecule has 4 nitrogen and oxygen atoms in total. The molecule has 0 saturated heterocycles. The van der Waals surface area contributed by atoms with Crippen LogP contribution in [0.25, 0.3) is 0 Å². The van der Waals surface area contributed by atoms with Gasteiger partial charge in [0.15, 0.2) is 0 Å². The van der Waals surface area contributed by atoms with E-state index >= 15 is 0 Å². The summed E-state index contributed by atoms with van der Waals surface area (Å²) in [6.07, 6.45) is -4.54. The monoisotopic (exact) mass is 326 g/mol. The van der Waals surface area contributed by atoms with Crippen LogP contribution in [0.2, 0.25) is 0 Å². The average molecular weight is 326 g/mol. The quantitative estimate of drug-likeness (QED) is 0.810. The SMILES string of the molecule is CC(C(N)=S)S(=O)(=O)NCc1ccccc1C(F)(F)F. The Kier molecular flexibility index (Phi) is 5.11. The van der Waals surface area contributed by atoms with Gasteiger partial charge in [-0.2, -0.15) is 13.2 Å². The molecule has 0 spiro atoms. The minimum atomic E-state index is -4.54. The minimum Gasteiger partial charge on any atom is -0.392 e. The number of thiocarbonyl (C=S) groups is 1. The molecule has 1 unspecified atom stereocenters. The minimum absolute atomic E-state index is 0.168. The number of alkyl halides is 3.